The number of hydrogen-bond acceptors (Lipinski definition) is 0. The second-order valence-electron chi connectivity index (χ2n) is 1.18. The molecule has 0 aliphatic heterocycles. The minimum Gasteiger partial charge on any atom is -0.0894 e. The average Bonchev–Trinajstić information content (AvgIpc) is 1.27. The Morgan fingerprint density at radius 2 is 2.00 bits per heavy atom. The highest BCUT2D eigenvalue weighted by Crippen LogP contribution is 2.06. The Morgan fingerprint density at radius 1 is 1.57 bits per heavy atom. The smallest absolute Gasteiger partial charge is 0.0345 e. The van der Waals surface area contributed by atoms with Crippen LogP contribution in [0, 0.1) is 0 Å². The summed E-state index contributed by atoms with van der Waals surface area (Å²) in [6.45, 7) is 5.15. The minimum atomic E-state index is 0.465. The van der Waals surface area contributed by atoms with Crippen molar-refractivity contribution in [1.82, 2.24) is 0 Å². The van der Waals surface area contributed by atoms with Gasteiger partial charge in [-0.2, -0.15) is 0 Å². The van der Waals surface area contributed by atoms with Gasteiger partial charge in [-0.3, -0.25) is 0 Å². The molecule has 0 atom stereocenters. The molecule has 0 nitrogen and oxygen atoms in total. The zero-order chi connectivity index (χ0) is 5.86. The van der Waals surface area contributed by atoms with E-state index in [1.165, 1.54) is 0 Å². The van der Waals surface area contributed by atoms with Crippen LogP contribution in [-0.2, 0) is 0 Å². The number of rotatable bonds is 1. The Balaban J connectivity index is 3.68. The number of hydrogen-bond donors (Lipinski definition) is 0. The Hall–Kier alpha value is 0.0600. The first kappa shape index (κ1) is 7.06. The van der Waals surface area contributed by atoms with Gasteiger partial charge in [0.1, 0.15) is 0 Å². The van der Waals surface area contributed by atoms with Crippen LogP contribution in [0.15, 0.2) is 22.7 Å². The fourth-order valence-corrected chi connectivity index (χ4v) is 0.567. The van der Waals surface area contributed by atoms with Gasteiger partial charge < -0.3 is 0 Å². The first-order valence-electron chi connectivity index (χ1n) is 1.81. The first-order valence-corrected chi connectivity index (χ1v) is 2.56. The van der Waals surface area contributed by atoms with Gasteiger partial charge in [0.2, 0.25) is 0 Å². The summed E-state index contributed by atoms with van der Waals surface area (Å²) in [5.41, 5.74) is 0. The summed E-state index contributed by atoms with van der Waals surface area (Å²) < 4.78 is 0. The largest absolute Gasteiger partial charge is 0.0894 e. The molecule has 0 fully saturated rings. The van der Waals surface area contributed by atoms with Crippen LogP contribution in [0.3, 0.4) is 0 Å². The van der Waals surface area contributed by atoms with E-state index in [0.717, 1.165) is 0 Å². The molecule has 0 aromatic rings. The molecule has 0 aliphatic carbocycles. The predicted octanol–water partition coefficient (Wildman–Crippen LogP) is 2.88. The van der Waals surface area contributed by atoms with Crippen molar-refractivity contribution in [2.45, 2.75) is 6.92 Å². The zero-order valence-corrected chi connectivity index (χ0v) is 5.55. The molecule has 0 bridgehead atoms. The summed E-state index contributed by atoms with van der Waals surface area (Å²) in [4.78, 5) is 0. The molecule has 0 rings (SSSR count). The third-order valence-electron chi connectivity index (χ3n) is 0.356. The van der Waals surface area contributed by atoms with Gasteiger partial charge in [-0.05, 0) is 13.0 Å². The van der Waals surface area contributed by atoms with Crippen molar-refractivity contribution >= 4 is 23.2 Å². The maximum absolute atomic E-state index is 5.39. The Morgan fingerprint density at radius 3 is 2.00 bits per heavy atom. The van der Waals surface area contributed by atoms with Crippen LogP contribution < -0.4 is 0 Å². The van der Waals surface area contributed by atoms with Crippen molar-refractivity contribution in [3.63, 3.8) is 0 Å². The maximum atomic E-state index is 5.39. The standard InChI is InChI=1S/C5H6Cl2/c1-4(6)3-5(2)7/h3H,1H2,2H3/b5-3-. The highest BCUT2D eigenvalue weighted by molar-refractivity contribution is 6.34. The molecule has 0 saturated heterocycles. The van der Waals surface area contributed by atoms with Gasteiger partial charge in [-0.15, -0.1) is 0 Å². The van der Waals surface area contributed by atoms with E-state index in [9.17, 15) is 0 Å². The van der Waals surface area contributed by atoms with E-state index >= 15 is 0 Å². The highest BCUT2D eigenvalue weighted by atomic mass is 35.5. The van der Waals surface area contributed by atoms with Crippen LogP contribution in [0.25, 0.3) is 0 Å². The minimum absolute atomic E-state index is 0.465. The summed E-state index contributed by atoms with van der Waals surface area (Å²) in [5.74, 6) is 0. The quantitative estimate of drug-likeness (QED) is 0.487. The monoisotopic (exact) mass is 136 g/mol. The molecule has 7 heavy (non-hydrogen) atoms. The van der Waals surface area contributed by atoms with Crippen molar-refractivity contribution in [2.75, 3.05) is 0 Å². The van der Waals surface area contributed by atoms with E-state index < -0.39 is 0 Å². The molecule has 40 valence electrons. The molecule has 0 saturated carbocycles. The van der Waals surface area contributed by atoms with E-state index in [-0.39, 0.29) is 0 Å². The maximum Gasteiger partial charge on any atom is 0.0345 e. The average molecular weight is 137 g/mol. The lowest BCUT2D eigenvalue weighted by atomic mass is 10.5. The SMILES string of the molecule is C=C(Cl)/C=C(/C)Cl. The fraction of sp³-hybridized carbons (Fsp3) is 0.200. The van der Waals surface area contributed by atoms with Crippen molar-refractivity contribution in [3.8, 4) is 0 Å². The van der Waals surface area contributed by atoms with Crippen molar-refractivity contribution < 1.29 is 0 Å². The lowest BCUT2D eigenvalue weighted by molar-refractivity contribution is 1.65. The third kappa shape index (κ3) is 6.06. The molecule has 0 aliphatic rings. The molecule has 0 N–H and O–H groups in total. The number of halogens is 2. The lowest BCUT2D eigenvalue weighted by Gasteiger charge is -1.80. The molecule has 0 radical (unpaired) electrons. The third-order valence-corrected chi connectivity index (χ3v) is 0.574. The highest BCUT2D eigenvalue weighted by Gasteiger charge is 1.78. The predicted molar refractivity (Wildman–Crippen MR) is 34.6 cm³/mol. The Bertz CT molecular complexity index is 98.6. The van der Waals surface area contributed by atoms with Crippen molar-refractivity contribution in [3.05, 3.63) is 22.7 Å². The van der Waals surface area contributed by atoms with Gasteiger partial charge >= 0.3 is 0 Å². The molecule has 2 heteroatoms. The topological polar surface area (TPSA) is 0 Å². The molecule has 0 aromatic carbocycles. The molecular weight excluding hydrogens is 131 g/mol. The van der Waals surface area contributed by atoms with E-state index in [1.807, 2.05) is 0 Å². The molecule has 0 heterocycles. The Kier molecular flexibility index (Phi) is 3.14. The van der Waals surface area contributed by atoms with Crippen molar-refractivity contribution in [1.29, 1.82) is 0 Å². The van der Waals surface area contributed by atoms with E-state index in [1.54, 1.807) is 13.0 Å². The molecule has 0 spiro atoms. The normalized spacial score (nSPS) is 11.6. The summed E-state index contributed by atoms with van der Waals surface area (Å²) in [6, 6.07) is 0. The van der Waals surface area contributed by atoms with Gasteiger partial charge in [-0.1, -0.05) is 29.8 Å². The van der Waals surface area contributed by atoms with E-state index in [4.69, 9.17) is 23.2 Å². The van der Waals surface area contributed by atoms with Gasteiger partial charge in [0.15, 0.2) is 0 Å². The van der Waals surface area contributed by atoms with E-state index in [2.05, 4.69) is 6.58 Å². The van der Waals surface area contributed by atoms with Gasteiger partial charge in [-0.25, -0.2) is 0 Å². The van der Waals surface area contributed by atoms with Crippen LogP contribution in [0.1, 0.15) is 6.92 Å². The molecule has 0 amide bonds. The summed E-state index contributed by atoms with van der Waals surface area (Å²) in [6.07, 6.45) is 1.59. The molecule has 0 aromatic heterocycles. The Labute approximate surface area is 53.4 Å². The zero-order valence-electron chi connectivity index (χ0n) is 4.04. The van der Waals surface area contributed by atoms with Gasteiger partial charge in [0, 0.05) is 10.1 Å². The van der Waals surface area contributed by atoms with Crippen LogP contribution in [-0.4, -0.2) is 0 Å². The van der Waals surface area contributed by atoms with Crippen LogP contribution >= 0.6 is 23.2 Å². The van der Waals surface area contributed by atoms with Gasteiger partial charge in [0.25, 0.3) is 0 Å². The fourth-order valence-electron chi connectivity index (χ4n) is 0.216. The molecular formula is C5H6Cl2. The first-order chi connectivity index (χ1) is 3.13. The lowest BCUT2D eigenvalue weighted by Crippen LogP contribution is -1.57. The summed E-state index contributed by atoms with van der Waals surface area (Å²) in [5, 5.41) is 1.12. The summed E-state index contributed by atoms with van der Waals surface area (Å²) in [7, 11) is 0. The molecule has 0 unspecified atom stereocenters. The van der Waals surface area contributed by atoms with Crippen LogP contribution in [0.5, 0.6) is 0 Å². The second kappa shape index (κ2) is 3.11. The van der Waals surface area contributed by atoms with Gasteiger partial charge in [0.05, 0.1) is 0 Å². The van der Waals surface area contributed by atoms with E-state index in [0.29, 0.717) is 10.1 Å². The van der Waals surface area contributed by atoms with Crippen LogP contribution in [0.2, 0.25) is 0 Å². The summed E-state index contributed by atoms with van der Waals surface area (Å²) >= 11 is 10.7. The van der Waals surface area contributed by atoms with Crippen LogP contribution in [0.4, 0.5) is 0 Å². The number of allylic oxidation sites excluding steroid dienone is 3. The van der Waals surface area contributed by atoms with Crippen molar-refractivity contribution in [2.24, 2.45) is 0 Å². The second-order valence-corrected chi connectivity index (χ2v) is 2.26.